The van der Waals surface area contributed by atoms with E-state index in [9.17, 15) is 14.9 Å². The van der Waals surface area contributed by atoms with Gasteiger partial charge in [-0.25, -0.2) is 0 Å². The molecule has 3 aromatic rings. The van der Waals surface area contributed by atoms with Crippen LogP contribution >= 0.6 is 0 Å². The van der Waals surface area contributed by atoms with Crippen molar-refractivity contribution in [2.45, 2.75) is 6.92 Å². The molecule has 0 aliphatic heterocycles. The number of benzene rings is 2. The Balaban J connectivity index is 2.19. The average Bonchev–Trinajstić information content (AvgIpc) is 2.61. The summed E-state index contributed by atoms with van der Waals surface area (Å²) >= 11 is 0. The molecule has 0 spiro atoms. The third-order valence-electron chi connectivity index (χ3n) is 3.79. The largest absolute Gasteiger partial charge is 0.497 e. The van der Waals surface area contributed by atoms with Crippen molar-refractivity contribution in [3.05, 3.63) is 62.9 Å². The van der Waals surface area contributed by atoms with E-state index in [-0.39, 0.29) is 5.69 Å². The van der Waals surface area contributed by atoms with E-state index in [4.69, 9.17) is 9.47 Å². The second-order valence-electron chi connectivity index (χ2n) is 5.43. The lowest BCUT2D eigenvalue weighted by Gasteiger charge is -2.12. The summed E-state index contributed by atoms with van der Waals surface area (Å²) in [7, 11) is 1.50. The number of H-pyrrole nitrogens is 1. The molecule has 2 N–H and O–H groups in total. The molecular weight excluding hydrogens is 338 g/mol. The maximum absolute atomic E-state index is 12.3. The zero-order chi connectivity index (χ0) is 18.7. The fourth-order valence-electron chi connectivity index (χ4n) is 2.67. The molecule has 0 aliphatic carbocycles. The highest BCUT2D eigenvalue weighted by Crippen LogP contribution is 2.33. The van der Waals surface area contributed by atoms with Gasteiger partial charge in [-0.3, -0.25) is 14.9 Å². The van der Waals surface area contributed by atoms with Crippen molar-refractivity contribution >= 4 is 28.0 Å². The van der Waals surface area contributed by atoms with Crippen molar-refractivity contribution in [1.29, 1.82) is 0 Å². The molecule has 0 atom stereocenters. The van der Waals surface area contributed by atoms with Gasteiger partial charge in [-0.1, -0.05) is 6.07 Å². The summed E-state index contributed by atoms with van der Waals surface area (Å²) in [4.78, 5) is 25.6. The van der Waals surface area contributed by atoms with E-state index in [2.05, 4.69) is 10.3 Å². The van der Waals surface area contributed by atoms with Crippen LogP contribution in [0.15, 0.2) is 47.3 Å². The Morgan fingerprint density at radius 2 is 2.00 bits per heavy atom. The number of hydrogen-bond acceptors (Lipinski definition) is 6. The topological polar surface area (TPSA) is 106 Å². The van der Waals surface area contributed by atoms with Gasteiger partial charge < -0.3 is 19.8 Å². The fraction of sp³-hybridized carbons (Fsp3) is 0.167. The molecule has 0 saturated carbocycles. The number of fused-ring (bicyclic) bond motifs is 1. The van der Waals surface area contributed by atoms with E-state index in [1.807, 2.05) is 6.92 Å². The smallest absolute Gasteiger partial charge is 0.357 e. The maximum Gasteiger partial charge on any atom is 0.357 e. The number of rotatable bonds is 6. The lowest BCUT2D eigenvalue weighted by atomic mass is 10.1. The summed E-state index contributed by atoms with van der Waals surface area (Å²) in [5, 5.41) is 15.0. The molecule has 0 aliphatic rings. The van der Waals surface area contributed by atoms with Crippen LogP contribution in [0.1, 0.15) is 6.92 Å². The second-order valence-corrected chi connectivity index (χ2v) is 5.43. The third-order valence-corrected chi connectivity index (χ3v) is 3.79. The molecule has 1 aromatic heterocycles. The number of ether oxygens (including phenoxy) is 2. The minimum absolute atomic E-state index is 0.116. The van der Waals surface area contributed by atoms with Gasteiger partial charge in [-0.05, 0) is 31.2 Å². The lowest BCUT2D eigenvalue weighted by molar-refractivity contribution is -0.385. The van der Waals surface area contributed by atoms with Crippen LogP contribution in [0, 0.1) is 10.1 Å². The van der Waals surface area contributed by atoms with E-state index in [1.54, 1.807) is 42.5 Å². The minimum atomic E-state index is -0.792. The molecular formula is C18H17N3O5. The number of anilines is 2. The Morgan fingerprint density at radius 3 is 2.69 bits per heavy atom. The molecule has 8 heteroatoms. The molecule has 0 amide bonds. The number of nitrogens with zero attached hydrogens (tertiary/aromatic N) is 1. The maximum atomic E-state index is 12.3. The zero-order valence-corrected chi connectivity index (χ0v) is 14.2. The Kier molecular flexibility index (Phi) is 4.74. The number of pyridine rings is 1. The van der Waals surface area contributed by atoms with Crippen LogP contribution in [0.25, 0.3) is 10.9 Å². The normalized spacial score (nSPS) is 10.5. The number of methoxy groups -OCH3 is 1. The number of hydrogen-bond donors (Lipinski definition) is 2. The van der Waals surface area contributed by atoms with E-state index in [1.165, 1.54) is 7.11 Å². The van der Waals surface area contributed by atoms with E-state index < -0.39 is 16.2 Å². The first-order valence-corrected chi connectivity index (χ1v) is 7.91. The molecule has 0 fully saturated rings. The van der Waals surface area contributed by atoms with Gasteiger partial charge in [0.05, 0.1) is 24.2 Å². The summed E-state index contributed by atoms with van der Waals surface area (Å²) < 4.78 is 10.6. The van der Waals surface area contributed by atoms with Gasteiger partial charge in [0.2, 0.25) is 0 Å². The molecule has 0 saturated heterocycles. The predicted molar refractivity (Wildman–Crippen MR) is 98.7 cm³/mol. The number of nitro groups is 1. The monoisotopic (exact) mass is 355 g/mol. The lowest BCUT2D eigenvalue weighted by Crippen LogP contribution is -2.14. The molecule has 26 heavy (non-hydrogen) atoms. The minimum Gasteiger partial charge on any atom is -0.497 e. The van der Waals surface area contributed by atoms with E-state index in [0.717, 1.165) is 0 Å². The molecule has 2 aromatic carbocycles. The van der Waals surface area contributed by atoms with Crippen molar-refractivity contribution in [1.82, 2.24) is 4.98 Å². The quantitative estimate of drug-likeness (QED) is 0.517. The van der Waals surface area contributed by atoms with Crippen molar-refractivity contribution in [2.75, 3.05) is 19.0 Å². The highest BCUT2D eigenvalue weighted by molar-refractivity contribution is 5.98. The van der Waals surface area contributed by atoms with Crippen LogP contribution in [-0.4, -0.2) is 23.6 Å². The third kappa shape index (κ3) is 3.30. The molecule has 134 valence electrons. The molecule has 1 heterocycles. The number of aromatic nitrogens is 1. The Hall–Kier alpha value is -3.55. The summed E-state index contributed by atoms with van der Waals surface area (Å²) in [6.07, 6.45) is 0. The summed E-state index contributed by atoms with van der Waals surface area (Å²) in [5.74, 6) is 1.15. The van der Waals surface area contributed by atoms with Crippen LogP contribution in [0.2, 0.25) is 0 Å². The van der Waals surface area contributed by atoms with Gasteiger partial charge in [0.1, 0.15) is 17.2 Å². The zero-order valence-electron chi connectivity index (χ0n) is 14.2. The van der Waals surface area contributed by atoms with E-state index >= 15 is 0 Å². The molecule has 8 nitrogen and oxygen atoms in total. The van der Waals surface area contributed by atoms with Crippen molar-refractivity contribution in [3.8, 4) is 11.5 Å². The summed E-state index contributed by atoms with van der Waals surface area (Å²) in [6, 6.07) is 11.9. The van der Waals surface area contributed by atoms with Gasteiger partial charge in [-0.15, -0.1) is 0 Å². The highest BCUT2D eigenvalue weighted by Gasteiger charge is 2.23. The van der Waals surface area contributed by atoms with Gasteiger partial charge >= 0.3 is 11.2 Å². The predicted octanol–water partition coefficient (Wildman–Crippen LogP) is 3.59. The molecule has 3 rings (SSSR count). The molecule has 0 unspecified atom stereocenters. The van der Waals surface area contributed by atoms with Crippen LogP contribution in [-0.2, 0) is 0 Å². The summed E-state index contributed by atoms with van der Waals surface area (Å²) in [6.45, 7) is 2.36. The van der Waals surface area contributed by atoms with Crippen LogP contribution in [0.5, 0.6) is 11.5 Å². The summed E-state index contributed by atoms with van der Waals surface area (Å²) in [5.41, 5.74) is -0.223. The van der Waals surface area contributed by atoms with Crippen molar-refractivity contribution in [3.63, 3.8) is 0 Å². The van der Waals surface area contributed by atoms with E-state index in [0.29, 0.717) is 34.7 Å². The Bertz CT molecular complexity index is 1030. The molecule has 0 radical (unpaired) electrons. The SMILES string of the molecule is CCOc1cccc(Nc2c([N+](=O)[O-])c(=O)[nH]c3cc(OC)ccc23)c1. The number of aromatic amines is 1. The van der Waals surface area contributed by atoms with Gasteiger partial charge in [-0.2, -0.15) is 0 Å². The first kappa shape index (κ1) is 17.3. The fourth-order valence-corrected chi connectivity index (χ4v) is 2.67. The first-order chi connectivity index (χ1) is 12.5. The highest BCUT2D eigenvalue weighted by atomic mass is 16.6. The molecule has 0 bridgehead atoms. The van der Waals surface area contributed by atoms with Gasteiger partial charge in [0.25, 0.3) is 0 Å². The van der Waals surface area contributed by atoms with Crippen LogP contribution < -0.4 is 20.3 Å². The van der Waals surface area contributed by atoms with Crippen LogP contribution in [0.4, 0.5) is 17.1 Å². The van der Waals surface area contributed by atoms with Crippen molar-refractivity contribution in [2.24, 2.45) is 0 Å². The van der Waals surface area contributed by atoms with Crippen LogP contribution in [0.3, 0.4) is 0 Å². The second kappa shape index (κ2) is 7.14. The Labute approximate surface area is 148 Å². The number of nitrogens with one attached hydrogen (secondary N) is 2. The first-order valence-electron chi connectivity index (χ1n) is 7.91. The van der Waals surface area contributed by atoms with Gasteiger partial charge in [0.15, 0.2) is 0 Å². The van der Waals surface area contributed by atoms with Crippen molar-refractivity contribution < 1.29 is 14.4 Å². The van der Waals surface area contributed by atoms with Gasteiger partial charge in [0, 0.05) is 23.2 Å². The Morgan fingerprint density at radius 1 is 1.19 bits per heavy atom. The average molecular weight is 355 g/mol. The standard InChI is InChI=1S/C18H17N3O5/c1-3-26-13-6-4-5-11(9-13)19-16-14-8-7-12(25-2)10-15(14)20-18(22)17(16)21(23)24/h4-10H,3H2,1-2H3,(H2,19,20,22).